The fourth-order valence-electron chi connectivity index (χ4n) is 1.02. The van der Waals surface area contributed by atoms with E-state index < -0.39 is 11.6 Å². The highest BCUT2D eigenvalue weighted by molar-refractivity contribution is 6.31. The predicted octanol–water partition coefficient (Wildman–Crippen LogP) is 3.25. The first-order valence-electron chi connectivity index (χ1n) is 4.25. The Hall–Kier alpha value is -1.53. The van der Waals surface area contributed by atoms with E-state index in [1.807, 2.05) is 0 Å². The first-order valence-corrected chi connectivity index (χ1v) is 5.01. The maximum Gasteiger partial charge on any atom is 0.327 e. The van der Waals surface area contributed by atoms with Crippen LogP contribution in [0.3, 0.4) is 0 Å². The molecule has 0 N–H and O–H groups in total. The Kier molecular flexibility index (Phi) is 3.35. The Bertz CT molecular complexity index is 548. The summed E-state index contributed by atoms with van der Waals surface area (Å²) in [6.07, 6.45) is 0. The summed E-state index contributed by atoms with van der Waals surface area (Å²) in [6, 6.07) is 3.12. The number of aromatic nitrogens is 3. The molecule has 1 heterocycles. The lowest BCUT2D eigenvalue weighted by Gasteiger charge is -2.05. The van der Waals surface area contributed by atoms with Crippen LogP contribution in [0.5, 0.6) is 11.8 Å². The Labute approximate surface area is 104 Å². The molecule has 0 spiro atoms. The highest BCUT2D eigenvalue weighted by Crippen LogP contribution is 2.24. The second kappa shape index (κ2) is 4.77. The molecule has 0 aliphatic rings. The molecule has 0 atom stereocenters. The molecule has 0 amide bonds. The molecule has 0 fully saturated rings. The van der Waals surface area contributed by atoms with Gasteiger partial charge < -0.3 is 4.74 Å². The molecule has 4 nitrogen and oxygen atoms in total. The topological polar surface area (TPSA) is 47.9 Å². The fraction of sp³-hybridized carbons (Fsp3) is 0. The van der Waals surface area contributed by atoms with Crippen LogP contribution in [0.15, 0.2) is 18.2 Å². The Balaban J connectivity index is 2.34. The third kappa shape index (κ3) is 2.78. The van der Waals surface area contributed by atoms with E-state index >= 15 is 0 Å². The van der Waals surface area contributed by atoms with Gasteiger partial charge in [-0.25, -0.2) is 4.39 Å². The van der Waals surface area contributed by atoms with Crippen LogP contribution in [0.1, 0.15) is 0 Å². The molecular formula is C9H3Cl2F2N3O. The molecule has 17 heavy (non-hydrogen) atoms. The Morgan fingerprint density at radius 3 is 2.29 bits per heavy atom. The minimum absolute atomic E-state index is 0.211. The van der Waals surface area contributed by atoms with Crippen molar-refractivity contribution in [3.8, 4) is 11.8 Å². The lowest BCUT2D eigenvalue weighted by molar-refractivity contribution is 0.392. The van der Waals surface area contributed by atoms with Gasteiger partial charge in [-0.3, -0.25) is 0 Å². The molecule has 2 rings (SSSR count). The molecular weight excluding hydrogens is 275 g/mol. The Morgan fingerprint density at radius 1 is 1.00 bits per heavy atom. The quantitative estimate of drug-likeness (QED) is 0.846. The largest absolute Gasteiger partial charge is 0.421 e. The van der Waals surface area contributed by atoms with Gasteiger partial charge in [0.05, 0.1) is 0 Å². The summed E-state index contributed by atoms with van der Waals surface area (Å²) in [5, 5.41) is -0.423. The van der Waals surface area contributed by atoms with Gasteiger partial charge in [-0.2, -0.15) is 19.3 Å². The van der Waals surface area contributed by atoms with Crippen LogP contribution in [0.4, 0.5) is 8.78 Å². The summed E-state index contributed by atoms with van der Waals surface area (Å²) in [7, 11) is 0. The standard InChI is InChI=1S/C9H3Cl2F2N3O/c10-7-14-8(11)16-9(15-7)17-5-3-1-2-4(12)6(5)13/h1-3H. The highest BCUT2D eigenvalue weighted by Gasteiger charge is 2.12. The van der Waals surface area contributed by atoms with Gasteiger partial charge >= 0.3 is 6.01 Å². The predicted molar refractivity (Wildman–Crippen MR) is 56.3 cm³/mol. The van der Waals surface area contributed by atoms with E-state index in [0.29, 0.717) is 0 Å². The van der Waals surface area contributed by atoms with E-state index in [1.54, 1.807) is 0 Å². The van der Waals surface area contributed by atoms with Gasteiger partial charge in [0.1, 0.15) is 0 Å². The maximum absolute atomic E-state index is 13.3. The van der Waals surface area contributed by atoms with Crippen molar-refractivity contribution in [2.45, 2.75) is 0 Å². The first kappa shape index (κ1) is 11.9. The SMILES string of the molecule is Fc1cccc(Oc2nc(Cl)nc(Cl)n2)c1F. The second-order valence-electron chi connectivity index (χ2n) is 2.81. The van der Waals surface area contributed by atoms with E-state index in [9.17, 15) is 8.78 Å². The number of hydrogen-bond acceptors (Lipinski definition) is 4. The van der Waals surface area contributed by atoms with Crippen molar-refractivity contribution < 1.29 is 13.5 Å². The lowest BCUT2D eigenvalue weighted by atomic mass is 10.3. The average Bonchev–Trinajstić information content (AvgIpc) is 2.23. The zero-order chi connectivity index (χ0) is 12.4. The molecule has 0 saturated heterocycles. The number of hydrogen-bond donors (Lipinski definition) is 0. The van der Waals surface area contributed by atoms with Crippen molar-refractivity contribution in [2.75, 3.05) is 0 Å². The third-order valence-electron chi connectivity index (χ3n) is 1.68. The second-order valence-corrected chi connectivity index (χ2v) is 3.49. The number of nitrogens with zero attached hydrogens (tertiary/aromatic N) is 3. The van der Waals surface area contributed by atoms with Crippen molar-refractivity contribution in [2.24, 2.45) is 0 Å². The Morgan fingerprint density at radius 2 is 1.65 bits per heavy atom. The van der Waals surface area contributed by atoms with Gasteiger partial charge in [0.2, 0.25) is 16.4 Å². The van der Waals surface area contributed by atoms with Crippen LogP contribution >= 0.6 is 23.2 Å². The van der Waals surface area contributed by atoms with Crippen LogP contribution in [0.25, 0.3) is 0 Å². The molecule has 0 unspecified atom stereocenters. The number of rotatable bonds is 2. The van der Waals surface area contributed by atoms with E-state index in [1.165, 1.54) is 12.1 Å². The monoisotopic (exact) mass is 277 g/mol. The van der Waals surface area contributed by atoms with Crippen molar-refractivity contribution in [3.05, 3.63) is 40.4 Å². The van der Waals surface area contributed by atoms with E-state index in [-0.39, 0.29) is 22.3 Å². The summed E-state index contributed by atoms with van der Waals surface area (Å²) in [5.41, 5.74) is 0. The van der Waals surface area contributed by atoms with Gasteiger partial charge in [-0.15, -0.1) is 0 Å². The van der Waals surface area contributed by atoms with E-state index in [4.69, 9.17) is 27.9 Å². The average molecular weight is 278 g/mol. The van der Waals surface area contributed by atoms with Crippen molar-refractivity contribution in [1.82, 2.24) is 15.0 Å². The molecule has 0 aliphatic heterocycles. The van der Waals surface area contributed by atoms with Gasteiger partial charge in [0.15, 0.2) is 11.6 Å². The summed E-state index contributed by atoms with van der Waals surface area (Å²) in [6.45, 7) is 0. The molecule has 0 radical (unpaired) electrons. The van der Waals surface area contributed by atoms with E-state index in [2.05, 4.69) is 15.0 Å². The summed E-state index contributed by atoms with van der Waals surface area (Å²) in [5.74, 6) is -2.57. The minimum Gasteiger partial charge on any atom is -0.421 e. The van der Waals surface area contributed by atoms with Crippen molar-refractivity contribution in [3.63, 3.8) is 0 Å². The van der Waals surface area contributed by atoms with E-state index in [0.717, 1.165) is 6.07 Å². The molecule has 0 bridgehead atoms. The van der Waals surface area contributed by atoms with Crippen LogP contribution < -0.4 is 4.74 Å². The van der Waals surface area contributed by atoms with Crippen molar-refractivity contribution >= 4 is 23.2 Å². The normalized spacial score (nSPS) is 10.4. The molecule has 8 heteroatoms. The molecule has 0 saturated carbocycles. The van der Waals surface area contributed by atoms with Gasteiger partial charge in [-0.05, 0) is 35.3 Å². The number of benzene rings is 1. The molecule has 2 aromatic rings. The van der Waals surface area contributed by atoms with Gasteiger partial charge in [0, 0.05) is 0 Å². The van der Waals surface area contributed by atoms with Gasteiger partial charge in [-0.1, -0.05) is 6.07 Å². The van der Waals surface area contributed by atoms with Crippen LogP contribution in [-0.4, -0.2) is 15.0 Å². The highest BCUT2D eigenvalue weighted by atomic mass is 35.5. The minimum atomic E-state index is -1.15. The molecule has 1 aromatic heterocycles. The zero-order valence-electron chi connectivity index (χ0n) is 7.99. The van der Waals surface area contributed by atoms with Crippen LogP contribution in [-0.2, 0) is 0 Å². The molecule has 1 aromatic carbocycles. The summed E-state index contributed by atoms with van der Waals surface area (Å²) >= 11 is 11.0. The summed E-state index contributed by atoms with van der Waals surface area (Å²) in [4.78, 5) is 10.6. The maximum atomic E-state index is 13.3. The fourth-order valence-corrected chi connectivity index (χ4v) is 1.36. The van der Waals surface area contributed by atoms with Gasteiger partial charge in [0.25, 0.3) is 0 Å². The molecule has 0 aliphatic carbocycles. The van der Waals surface area contributed by atoms with Crippen LogP contribution in [0.2, 0.25) is 10.6 Å². The van der Waals surface area contributed by atoms with Crippen LogP contribution in [0, 0.1) is 11.6 Å². The zero-order valence-corrected chi connectivity index (χ0v) is 9.51. The van der Waals surface area contributed by atoms with Crippen molar-refractivity contribution in [1.29, 1.82) is 0 Å². The first-order chi connectivity index (χ1) is 8.06. The number of halogens is 4. The summed E-state index contributed by atoms with van der Waals surface area (Å²) < 4.78 is 31.0. The lowest BCUT2D eigenvalue weighted by Crippen LogP contribution is -1.97. The molecule has 88 valence electrons. The smallest absolute Gasteiger partial charge is 0.327 e. The number of ether oxygens (including phenoxy) is 1. The third-order valence-corrected chi connectivity index (χ3v) is 2.02.